The van der Waals surface area contributed by atoms with Crippen LogP contribution in [0.5, 0.6) is 0 Å². The van der Waals surface area contributed by atoms with E-state index < -0.39 is 0 Å². The van der Waals surface area contributed by atoms with E-state index in [2.05, 4.69) is 20.4 Å². The number of anilines is 1. The fourth-order valence-corrected chi connectivity index (χ4v) is 2.98. The Kier molecular flexibility index (Phi) is 4.93. The normalized spacial score (nSPS) is 10.6. The third kappa shape index (κ3) is 3.46. The summed E-state index contributed by atoms with van der Waals surface area (Å²) in [6, 6.07) is 1.59. The monoisotopic (exact) mass is 314 g/mol. The second kappa shape index (κ2) is 6.68. The highest BCUT2D eigenvalue weighted by molar-refractivity contribution is 8.00. The van der Waals surface area contributed by atoms with Gasteiger partial charge in [0.15, 0.2) is 4.34 Å². The van der Waals surface area contributed by atoms with Gasteiger partial charge in [-0.2, -0.15) is 5.10 Å². The summed E-state index contributed by atoms with van der Waals surface area (Å²) in [5, 5.41) is 16.4. The van der Waals surface area contributed by atoms with Gasteiger partial charge in [0, 0.05) is 31.7 Å². The summed E-state index contributed by atoms with van der Waals surface area (Å²) >= 11 is 2.88. The first-order valence-electron chi connectivity index (χ1n) is 5.62. The van der Waals surface area contributed by atoms with Crippen LogP contribution in [0.15, 0.2) is 16.6 Å². The van der Waals surface area contributed by atoms with Gasteiger partial charge in [-0.3, -0.25) is 14.8 Å². The Labute approximate surface area is 124 Å². The summed E-state index contributed by atoms with van der Waals surface area (Å²) in [6.07, 6.45) is 1.70. The molecule has 10 heteroatoms. The molecule has 2 amide bonds. The summed E-state index contributed by atoms with van der Waals surface area (Å²) in [5.74, 6) is 0.726. The van der Waals surface area contributed by atoms with E-state index in [1.165, 1.54) is 42.2 Å². The molecule has 0 saturated carbocycles. The molecule has 20 heavy (non-hydrogen) atoms. The molecule has 0 fully saturated rings. The number of thioether (sulfide) groups is 1. The lowest BCUT2D eigenvalue weighted by atomic mass is 10.5. The number of hydroxylamine groups is 2. The second-order valence-electron chi connectivity index (χ2n) is 3.74. The van der Waals surface area contributed by atoms with Gasteiger partial charge in [0.25, 0.3) is 0 Å². The number of urea groups is 1. The van der Waals surface area contributed by atoms with Gasteiger partial charge in [-0.1, -0.05) is 23.1 Å². The minimum atomic E-state index is -0.311. The Morgan fingerprint density at radius 3 is 2.95 bits per heavy atom. The third-order valence-electron chi connectivity index (χ3n) is 2.42. The van der Waals surface area contributed by atoms with Gasteiger partial charge < -0.3 is 0 Å². The molecule has 108 valence electrons. The van der Waals surface area contributed by atoms with E-state index >= 15 is 0 Å². The first-order chi connectivity index (χ1) is 9.61. The van der Waals surface area contributed by atoms with Crippen molar-refractivity contribution in [2.75, 3.05) is 26.1 Å². The Morgan fingerprint density at radius 1 is 1.50 bits per heavy atom. The van der Waals surface area contributed by atoms with Crippen LogP contribution in [-0.2, 0) is 10.6 Å². The zero-order valence-electron chi connectivity index (χ0n) is 11.2. The van der Waals surface area contributed by atoms with Crippen LogP contribution in [0, 0.1) is 0 Å². The molecular weight excluding hydrogens is 300 g/mol. The van der Waals surface area contributed by atoms with Crippen LogP contribution >= 0.6 is 23.1 Å². The van der Waals surface area contributed by atoms with Crippen LogP contribution < -0.4 is 4.90 Å². The number of nitrogens with one attached hydrogen (secondary N) is 1. The number of aromatic nitrogens is 4. The van der Waals surface area contributed by atoms with Gasteiger partial charge in [0.2, 0.25) is 5.13 Å². The van der Waals surface area contributed by atoms with E-state index in [0.717, 1.165) is 20.8 Å². The molecule has 2 rings (SSSR count). The van der Waals surface area contributed by atoms with Gasteiger partial charge in [-0.05, 0) is 6.07 Å². The Morgan fingerprint density at radius 2 is 2.30 bits per heavy atom. The van der Waals surface area contributed by atoms with Crippen molar-refractivity contribution in [1.29, 1.82) is 0 Å². The quantitative estimate of drug-likeness (QED) is 0.512. The van der Waals surface area contributed by atoms with Crippen LogP contribution in [0.2, 0.25) is 0 Å². The average molecular weight is 314 g/mol. The highest BCUT2D eigenvalue weighted by atomic mass is 32.2. The van der Waals surface area contributed by atoms with Crippen LogP contribution in [0.1, 0.15) is 5.69 Å². The van der Waals surface area contributed by atoms with Crippen molar-refractivity contribution in [1.82, 2.24) is 25.5 Å². The van der Waals surface area contributed by atoms with Gasteiger partial charge >= 0.3 is 6.03 Å². The number of carbonyl (C=O) groups is 1. The molecule has 0 bridgehead atoms. The fraction of sp³-hybridized carbons (Fsp3) is 0.400. The number of hydrogen-bond donors (Lipinski definition) is 1. The van der Waals surface area contributed by atoms with Crippen molar-refractivity contribution in [3.8, 4) is 0 Å². The molecule has 0 aliphatic rings. The molecule has 0 saturated heterocycles. The highest BCUT2D eigenvalue weighted by Gasteiger charge is 2.19. The fourth-order valence-electron chi connectivity index (χ4n) is 1.27. The van der Waals surface area contributed by atoms with E-state index in [1.807, 2.05) is 6.07 Å². The van der Waals surface area contributed by atoms with E-state index in [1.54, 1.807) is 13.2 Å². The average Bonchev–Trinajstić information content (AvgIpc) is 3.13. The number of hydrogen-bond acceptors (Lipinski definition) is 7. The smallest absolute Gasteiger partial charge is 0.282 e. The molecular formula is C10H14N6O2S2. The van der Waals surface area contributed by atoms with E-state index in [4.69, 9.17) is 4.84 Å². The number of nitrogens with zero attached hydrogens (tertiary/aromatic N) is 5. The van der Waals surface area contributed by atoms with E-state index in [0.29, 0.717) is 5.13 Å². The topological polar surface area (TPSA) is 87.2 Å². The van der Waals surface area contributed by atoms with E-state index in [-0.39, 0.29) is 6.03 Å². The predicted molar refractivity (Wildman–Crippen MR) is 76.6 cm³/mol. The van der Waals surface area contributed by atoms with Crippen LogP contribution in [-0.4, -0.2) is 52.7 Å². The lowest BCUT2D eigenvalue weighted by Gasteiger charge is -2.19. The van der Waals surface area contributed by atoms with Crippen LogP contribution in [0.4, 0.5) is 9.93 Å². The predicted octanol–water partition coefficient (Wildman–Crippen LogP) is 1.60. The molecule has 2 heterocycles. The molecule has 0 unspecified atom stereocenters. The molecule has 0 aliphatic carbocycles. The molecule has 0 radical (unpaired) electrons. The van der Waals surface area contributed by atoms with Crippen molar-refractivity contribution in [2.45, 2.75) is 10.1 Å². The lowest BCUT2D eigenvalue weighted by molar-refractivity contribution is -0.0619. The maximum Gasteiger partial charge on any atom is 0.349 e. The second-order valence-corrected chi connectivity index (χ2v) is 5.92. The number of aromatic amines is 1. The van der Waals surface area contributed by atoms with Crippen molar-refractivity contribution >= 4 is 34.3 Å². The Bertz CT molecular complexity index is 558. The van der Waals surface area contributed by atoms with Crippen molar-refractivity contribution in [3.05, 3.63) is 18.0 Å². The minimum absolute atomic E-state index is 0.311. The zero-order valence-corrected chi connectivity index (χ0v) is 12.9. The molecule has 2 aromatic rings. The molecule has 1 N–H and O–H groups in total. The summed E-state index contributed by atoms with van der Waals surface area (Å²) in [5.41, 5.74) is 1.01. The third-order valence-corrected chi connectivity index (χ3v) is 4.60. The van der Waals surface area contributed by atoms with Crippen molar-refractivity contribution in [3.63, 3.8) is 0 Å². The maximum atomic E-state index is 11.9. The van der Waals surface area contributed by atoms with Crippen molar-refractivity contribution in [2.24, 2.45) is 0 Å². The first-order valence-corrected chi connectivity index (χ1v) is 7.42. The standard InChI is InChI=1S/C10H14N6O2S2/c1-15(10(17)16(2)18-3)8-13-14-9(20-8)19-6-7-4-5-11-12-7/h4-5H,6H2,1-3H3,(H,11,12). The SMILES string of the molecule is CON(C)C(=O)N(C)c1nnc(SCc2ccn[nH]2)s1. The number of amides is 2. The highest BCUT2D eigenvalue weighted by Crippen LogP contribution is 2.29. The van der Waals surface area contributed by atoms with Gasteiger partial charge in [-0.25, -0.2) is 9.86 Å². The van der Waals surface area contributed by atoms with Gasteiger partial charge in [0.1, 0.15) is 0 Å². The largest absolute Gasteiger partial charge is 0.349 e. The molecule has 0 aliphatic heterocycles. The summed E-state index contributed by atoms with van der Waals surface area (Å²) in [7, 11) is 4.59. The van der Waals surface area contributed by atoms with Gasteiger partial charge in [0.05, 0.1) is 7.11 Å². The summed E-state index contributed by atoms with van der Waals surface area (Å²) in [4.78, 5) is 18.1. The van der Waals surface area contributed by atoms with Crippen LogP contribution in [0.25, 0.3) is 0 Å². The Balaban J connectivity index is 1.96. The maximum absolute atomic E-state index is 11.9. The molecule has 0 spiro atoms. The molecule has 2 aromatic heterocycles. The molecule has 0 atom stereocenters. The zero-order chi connectivity index (χ0) is 14.5. The number of carbonyl (C=O) groups excluding carboxylic acids is 1. The summed E-state index contributed by atoms with van der Waals surface area (Å²) in [6.45, 7) is 0. The number of rotatable bonds is 5. The minimum Gasteiger partial charge on any atom is -0.282 e. The lowest BCUT2D eigenvalue weighted by Crippen LogP contribution is -2.38. The van der Waals surface area contributed by atoms with Crippen LogP contribution in [0.3, 0.4) is 0 Å². The molecule has 0 aromatic carbocycles. The number of H-pyrrole nitrogens is 1. The Hall–Kier alpha value is -1.65. The van der Waals surface area contributed by atoms with E-state index in [9.17, 15) is 4.79 Å². The molecule has 8 nitrogen and oxygen atoms in total. The van der Waals surface area contributed by atoms with Crippen molar-refractivity contribution < 1.29 is 9.63 Å². The van der Waals surface area contributed by atoms with Gasteiger partial charge in [-0.15, -0.1) is 10.2 Å². The first kappa shape index (κ1) is 14.8. The summed E-state index contributed by atoms with van der Waals surface area (Å²) < 4.78 is 0.786.